The van der Waals surface area contributed by atoms with Crippen molar-refractivity contribution in [2.45, 2.75) is 0 Å². The molecule has 6 heteroatoms. The third-order valence-electron chi connectivity index (χ3n) is 0.998. The second-order valence-electron chi connectivity index (χ2n) is 1.89. The van der Waals surface area contributed by atoms with E-state index in [1.54, 1.807) is 0 Å². The summed E-state index contributed by atoms with van der Waals surface area (Å²) in [7, 11) is 0. The number of carbonyl (C=O) groups excluding carboxylic acids is 1. The van der Waals surface area contributed by atoms with Crippen LogP contribution >= 0.6 is 0 Å². The third-order valence-corrected chi connectivity index (χ3v) is 0.998. The Kier molecular flexibility index (Phi) is 3.94. The van der Waals surface area contributed by atoms with E-state index in [1.165, 1.54) is 0 Å². The summed E-state index contributed by atoms with van der Waals surface area (Å²) in [6, 6.07) is 0. The van der Waals surface area contributed by atoms with E-state index in [0.29, 0.717) is 18.4 Å². The van der Waals surface area contributed by atoms with Crippen LogP contribution < -0.4 is 0 Å². The van der Waals surface area contributed by atoms with E-state index in [2.05, 4.69) is 0 Å². The van der Waals surface area contributed by atoms with Gasteiger partial charge in [0.2, 0.25) is 0 Å². The summed E-state index contributed by atoms with van der Waals surface area (Å²) in [5.74, 6) is -4.62. The lowest BCUT2D eigenvalue weighted by Gasteiger charge is -1.91. The molecule has 13 heavy (non-hydrogen) atoms. The zero-order valence-electron chi connectivity index (χ0n) is 6.30. The standard InChI is InChI=1S/C7H6O6/c8-2-1-4(6(10)11)3-5(9)7(12)13/h1-3,8H,(H,10,11)(H,12,13). The van der Waals surface area contributed by atoms with E-state index in [0.717, 1.165) is 0 Å². The molecule has 0 saturated heterocycles. The highest BCUT2D eigenvalue weighted by Gasteiger charge is 2.12. The molecule has 0 bridgehead atoms. The van der Waals surface area contributed by atoms with Crippen LogP contribution in [0.5, 0.6) is 0 Å². The van der Waals surface area contributed by atoms with Crippen molar-refractivity contribution in [1.29, 1.82) is 0 Å². The summed E-state index contributed by atoms with van der Waals surface area (Å²) in [5.41, 5.74) is -0.602. The van der Waals surface area contributed by atoms with E-state index in [1.807, 2.05) is 0 Å². The first-order valence-electron chi connectivity index (χ1n) is 3.02. The Morgan fingerprint density at radius 1 is 1.00 bits per heavy atom. The Labute approximate surface area is 72.4 Å². The summed E-state index contributed by atoms with van der Waals surface area (Å²) in [5, 5.41) is 24.7. The van der Waals surface area contributed by atoms with Gasteiger partial charge in [-0.1, -0.05) is 0 Å². The van der Waals surface area contributed by atoms with Gasteiger partial charge in [-0.15, -0.1) is 0 Å². The van der Waals surface area contributed by atoms with E-state index in [-0.39, 0.29) is 0 Å². The highest BCUT2D eigenvalue weighted by molar-refractivity contribution is 6.38. The quantitative estimate of drug-likeness (QED) is 0.241. The monoisotopic (exact) mass is 186 g/mol. The average molecular weight is 186 g/mol. The highest BCUT2D eigenvalue weighted by atomic mass is 16.4. The average Bonchev–Trinajstić information content (AvgIpc) is 2.03. The zero-order valence-corrected chi connectivity index (χ0v) is 6.30. The second-order valence-corrected chi connectivity index (χ2v) is 1.89. The van der Waals surface area contributed by atoms with Crippen LogP contribution in [0.3, 0.4) is 0 Å². The van der Waals surface area contributed by atoms with Crippen LogP contribution in [0.2, 0.25) is 0 Å². The Bertz CT molecular complexity index is 298. The first kappa shape index (κ1) is 10.9. The van der Waals surface area contributed by atoms with Gasteiger partial charge in [0, 0.05) is 6.08 Å². The molecule has 3 N–H and O–H groups in total. The molecule has 0 aliphatic carbocycles. The molecule has 0 fully saturated rings. The SMILES string of the molecule is O=C(O)C(=O)C=C(C=CO)C(=O)O. The van der Waals surface area contributed by atoms with Crippen LogP contribution in [-0.4, -0.2) is 33.0 Å². The van der Waals surface area contributed by atoms with Crippen molar-refractivity contribution in [3.05, 3.63) is 24.0 Å². The number of carboxylic acid groups (broad SMARTS) is 2. The summed E-state index contributed by atoms with van der Waals surface area (Å²) < 4.78 is 0. The molecule has 0 aliphatic rings. The lowest BCUT2D eigenvalue weighted by atomic mass is 10.2. The third kappa shape index (κ3) is 3.71. The van der Waals surface area contributed by atoms with E-state index in [9.17, 15) is 14.4 Å². The summed E-state index contributed by atoms with van der Waals surface area (Å²) in [6.07, 6.45) is 1.50. The van der Waals surface area contributed by atoms with Crippen LogP contribution in [0, 0.1) is 0 Å². The number of aliphatic carboxylic acids is 2. The lowest BCUT2D eigenvalue weighted by Crippen LogP contribution is -2.11. The maximum Gasteiger partial charge on any atom is 0.376 e. The van der Waals surface area contributed by atoms with Gasteiger partial charge in [-0.3, -0.25) is 4.79 Å². The van der Waals surface area contributed by atoms with Gasteiger partial charge < -0.3 is 15.3 Å². The molecule has 0 saturated carbocycles. The van der Waals surface area contributed by atoms with E-state index in [4.69, 9.17) is 15.3 Å². The van der Waals surface area contributed by atoms with Crippen LogP contribution in [-0.2, 0) is 14.4 Å². The zero-order chi connectivity index (χ0) is 10.4. The topological polar surface area (TPSA) is 112 Å². The predicted octanol–water partition coefficient (Wildman–Crippen LogP) is -0.277. The summed E-state index contributed by atoms with van der Waals surface area (Å²) in [6.45, 7) is 0. The van der Waals surface area contributed by atoms with Crippen LogP contribution in [0.25, 0.3) is 0 Å². The summed E-state index contributed by atoms with van der Waals surface area (Å²) >= 11 is 0. The fraction of sp³-hybridized carbons (Fsp3) is 0. The van der Waals surface area contributed by atoms with Crippen molar-refractivity contribution >= 4 is 17.7 Å². The predicted molar refractivity (Wildman–Crippen MR) is 40.1 cm³/mol. The first-order chi connectivity index (χ1) is 5.99. The molecule has 0 atom stereocenters. The van der Waals surface area contributed by atoms with Crippen molar-refractivity contribution < 1.29 is 29.7 Å². The molecule has 0 radical (unpaired) electrons. The van der Waals surface area contributed by atoms with Gasteiger partial charge in [0.1, 0.15) is 0 Å². The summed E-state index contributed by atoms with van der Waals surface area (Å²) in [4.78, 5) is 30.7. The Balaban J connectivity index is 4.84. The van der Waals surface area contributed by atoms with Crippen molar-refractivity contribution in [1.82, 2.24) is 0 Å². The molecule has 0 heterocycles. The number of hydrogen-bond donors (Lipinski definition) is 3. The van der Waals surface area contributed by atoms with E-state index < -0.39 is 23.3 Å². The number of carbonyl (C=O) groups is 3. The van der Waals surface area contributed by atoms with Gasteiger partial charge in [0.25, 0.3) is 5.78 Å². The maximum atomic E-state index is 10.5. The van der Waals surface area contributed by atoms with Crippen LogP contribution in [0.1, 0.15) is 0 Å². The number of ketones is 1. The van der Waals surface area contributed by atoms with Gasteiger partial charge in [0.05, 0.1) is 11.8 Å². The molecular formula is C7H6O6. The largest absolute Gasteiger partial charge is 0.516 e. The lowest BCUT2D eigenvalue weighted by molar-refractivity contribution is -0.146. The number of aliphatic hydroxyl groups is 1. The molecule has 0 unspecified atom stereocenters. The smallest absolute Gasteiger partial charge is 0.376 e. The van der Waals surface area contributed by atoms with Gasteiger partial charge in [-0.05, 0) is 6.08 Å². The molecule has 0 aliphatic heterocycles. The Morgan fingerprint density at radius 3 is 1.85 bits per heavy atom. The second kappa shape index (κ2) is 4.70. The van der Waals surface area contributed by atoms with E-state index >= 15 is 0 Å². The first-order valence-corrected chi connectivity index (χ1v) is 3.02. The molecule has 6 nitrogen and oxygen atoms in total. The number of rotatable bonds is 4. The molecule has 0 rings (SSSR count). The molecule has 0 aromatic carbocycles. The fourth-order valence-electron chi connectivity index (χ4n) is 0.464. The van der Waals surface area contributed by atoms with Crippen molar-refractivity contribution in [2.24, 2.45) is 0 Å². The fourth-order valence-corrected chi connectivity index (χ4v) is 0.464. The van der Waals surface area contributed by atoms with Gasteiger partial charge in [-0.25, -0.2) is 9.59 Å². The normalized spacial score (nSPS) is 11.5. The Morgan fingerprint density at radius 2 is 1.54 bits per heavy atom. The minimum atomic E-state index is -1.76. The van der Waals surface area contributed by atoms with Crippen LogP contribution in [0.4, 0.5) is 0 Å². The molecule has 0 aromatic rings. The maximum absolute atomic E-state index is 10.5. The van der Waals surface area contributed by atoms with Gasteiger partial charge in [-0.2, -0.15) is 0 Å². The number of hydrogen-bond acceptors (Lipinski definition) is 4. The molecular weight excluding hydrogens is 180 g/mol. The molecule has 70 valence electrons. The van der Waals surface area contributed by atoms with Crippen molar-refractivity contribution in [3.8, 4) is 0 Å². The minimum Gasteiger partial charge on any atom is -0.516 e. The number of aliphatic hydroxyl groups excluding tert-OH is 1. The molecule has 0 amide bonds. The molecule has 0 aromatic heterocycles. The minimum absolute atomic E-state index is 0.398. The highest BCUT2D eigenvalue weighted by Crippen LogP contribution is 1.97. The Hall–Kier alpha value is -2.11. The van der Waals surface area contributed by atoms with Crippen LogP contribution in [0.15, 0.2) is 24.0 Å². The molecule has 0 spiro atoms. The van der Waals surface area contributed by atoms with Crippen molar-refractivity contribution in [2.75, 3.05) is 0 Å². The number of carboxylic acids is 2. The van der Waals surface area contributed by atoms with Crippen molar-refractivity contribution in [3.63, 3.8) is 0 Å². The van der Waals surface area contributed by atoms with Gasteiger partial charge >= 0.3 is 11.9 Å². The van der Waals surface area contributed by atoms with Gasteiger partial charge in [0.15, 0.2) is 0 Å².